The SMILES string of the molecule is CC(C)CN1CCC[C@@H]1c1ccccn1. The lowest BCUT2D eigenvalue weighted by Crippen LogP contribution is -2.27. The van der Waals surface area contributed by atoms with Crippen LogP contribution in [0.1, 0.15) is 38.4 Å². The summed E-state index contributed by atoms with van der Waals surface area (Å²) in [6.07, 6.45) is 4.49. The third-order valence-electron chi connectivity index (χ3n) is 2.99. The van der Waals surface area contributed by atoms with Gasteiger partial charge in [0, 0.05) is 12.7 Å². The van der Waals surface area contributed by atoms with Crippen LogP contribution in [0.3, 0.4) is 0 Å². The van der Waals surface area contributed by atoms with E-state index >= 15 is 0 Å². The van der Waals surface area contributed by atoms with Gasteiger partial charge in [0.2, 0.25) is 0 Å². The molecule has 2 rings (SSSR count). The Morgan fingerprint density at radius 2 is 2.33 bits per heavy atom. The van der Waals surface area contributed by atoms with Gasteiger partial charge in [0.05, 0.1) is 11.7 Å². The zero-order chi connectivity index (χ0) is 10.7. The van der Waals surface area contributed by atoms with Gasteiger partial charge in [0.25, 0.3) is 0 Å². The molecule has 0 aliphatic carbocycles. The van der Waals surface area contributed by atoms with Gasteiger partial charge in [-0.25, -0.2) is 0 Å². The van der Waals surface area contributed by atoms with Gasteiger partial charge in [-0.05, 0) is 37.4 Å². The summed E-state index contributed by atoms with van der Waals surface area (Å²) in [4.78, 5) is 7.05. The van der Waals surface area contributed by atoms with E-state index in [4.69, 9.17) is 0 Å². The van der Waals surface area contributed by atoms with Gasteiger partial charge >= 0.3 is 0 Å². The standard InChI is InChI=1S/C13H20N2/c1-11(2)10-15-9-5-7-13(15)12-6-3-4-8-14-12/h3-4,6,8,11,13H,5,7,9-10H2,1-2H3/t13-/m1/s1. The molecule has 1 aromatic heterocycles. The molecule has 0 N–H and O–H groups in total. The van der Waals surface area contributed by atoms with Crippen LogP contribution >= 0.6 is 0 Å². The molecule has 2 heterocycles. The molecule has 0 saturated carbocycles. The Bertz CT molecular complexity index is 295. The zero-order valence-electron chi connectivity index (χ0n) is 9.69. The Morgan fingerprint density at radius 1 is 1.47 bits per heavy atom. The summed E-state index contributed by atoms with van der Waals surface area (Å²) in [6.45, 7) is 7.00. The van der Waals surface area contributed by atoms with Gasteiger partial charge in [-0.1, -0.05) is 19.9 Å². The average Bonchev–Trinajstić information content (AvgIpc) is 2.66. The monoisotopic (exact) mass is 204 g/mol. The van der Waals surface area contributed by atoms with E-state index in [1.165, 1.54) is 31.6 Å². The number of likely N-dealkylation sites (tertiary alicyclic amines) is 1. The molecule has 15 heavy (non-hydrogen) atoms. The lowest BCUT2D eigenvalue weighted by molar-refractivity contribution is 0.225. The predicted molar refractivity (Wildman–Crippen MR) is 62.6 cm³/mol. The van der Waals surface area contributed by atoms with E-state index < -0.39 is 0 Å². The molecule has 0 radical (unpaired) electrons. The number of hydrogen-bond acceptors (Lipinski definition) is 2. The van der Waals surface area contributed by atoms with E-state index in [-0.39, 0.29) is 0 Å². The van der Waals surface area contributed by atoms with Crippen LogP contribution in [0.4, 0.5) is 0 Å². The van der Waals surface area contributed by atoms with E-state index in [0.29, 0.717) is 6.04 Å². The molecule has 0 spiro atoms. The molecule has 2 heteroatoms. The van der Waals surface area contributed by atoms with Gasteiger partial charge in [0.15, 0.2) is 0 Å². The molecule has 1 atom stereocenters. The highest BCUT2D eigenvalue weighted by Crippen LogP contribution is 2.30. The highest BCUT2D eigenvalue weighted by atomic mass is 15.2. The van der Waals surface area contributed by atoms with Crippen LogP contribution in [-0.4, -0.2) is 23.0 Å². The summed E-state index contributed by atoms with van der Waals surface area (Å²) in [5, 5.41) is 0. The van der Waals surface area contributed by atoms with Crippen LogP contribution in [0.15, 0.2) is 24.4 Å². The van der Waals surface area contributed by atoms with E-state index in [1.807, 2.05) is 12.3 Å². The summed E-state index contributed by atoms with van der Waals surface area (Å²) in [7, 11) is 0. The number of nitrogens with zero attached hydrogens (tertiary/aromatic N) is 2. The van der Waals surface area contributed by atoms with Crippen LogP contribution in [0.5, 0.6) is 0 Å². The Kier molecular flexibility index (Phi) is 3.37. The highest BCUT2D eigenvalue weighted by Gasteiger charge is 2.26. The molecule has 1 aromatic rings. The molecule has 1 saturated heterocycles. The van der Waals surface area contributed by atoms with Crippen LogP contribution in [-0.2, 0) is 0 Å². The molecule has 0 bridgehead atoms. The maximum absolute atomic E-state index is 4.48. The first kappa shape index (κ1) is 10.6. The summed E-state index contributed by atoms with van der Waals surface area (Å²) in [6, 6.07) is 6.80. The molecule has 1 aliphatic heterocycles. The van der Waals surface area contributed by atoms with E-state index in [0.717, 1.165) is 5.92 Å². The van der Waals surface area contributed by atoms with Crippen molar-refractivity contribution in [3.8, 4) is 0 Å². The Hall–Kier alpha value is -0.890. The van der Waals surface area contributed by atoms with Gasteiger partial charge in [0.1, 0.15) is 0 Å². The topological polar surface area (TPSA) is 16.1 Å². The minimum absolute atomic E-state index is 0.564. The third kappa shape index (κ3) is 2.57. The fraction of sp³-hybridized carbons (Fsp3) is 0.615. The molecule has 2 nitrogen and oxygen atoms in total. The number of hydrogen-bond donors (Lipinski definition) is 0. The Morgan fingerprint density at radius 3 is 3.00 bits per heavy atom. The fourth-order valence-corrected chi connectivity index (χ4v) is 2.42. The van der Waals surface area contributed by atoms with Crippen molar-refractivity contribution in [2.75, 3.05) is 13.1 Å². The van der Waals surface area contributed by atoms with Crippen molar-refractivity contribution in [2.45, 2.75) is 32.7 Å². The number of rotatable bonds is 3. The third-order valence-corrected chi connectivity index (χ3v) is 2.99. The highest BCUT2D eigenvalue weighted by molar-refractivity contribution is 5.10. The van der Waals surface area contributed by atoms with Gasteiger partial charge in [-0.2, -0.15) is 0 Å². The maximum Gasteiger partial charge on any atom is 0.0575 e. The minimum atomic E-state index is 0.564. The summed E-state index contributed by atoms with van der Waals surface area (Å²) >= 11 is 0. The van der Waals surface area contributed by atoms with Crippen LogP contribution in [0.25, 0.3) is 0 Å². The van der Waals surface area contributed by atoms with Crippen molar-refractivity contribution in [3.05, 3.63) is 30.1 Å². The second kappa shape index (κ2) is 4.75. The summed E-state index contributed by atoms with van der Waals surface area (Å²) in [5.74, 6) is 0.745. The van der Waals surface area contributed by atoms with Crippen molar-refractivity contribution in [1.82, 2.24) is 9.88 Å². The molecular weight excluding hydrogens is 184 g/mol. The van der Waals surface area contributed by atoms with E-state index in [1.54, 1.807) is 0 Å². The quantitative estimate of drug-likeness (QED) is 0.752. The molecule has 0 unspecified atom stereocenters. The smallest absolute Gasteiger partial charge is 0.0575 e. The van der Waals surface area contributed by atoms with Gasteiger partial charge < -0.3 is 0 Å². The molecule has 0 amide bonds. The Balaban J connectivity index is 2.08. The number of pyridine rings is 1. The average molecular weight is 204 g/mol. The van der Waals surface area contributed by atoms with Crippen molar-refractivity contribution < 1.29 is 0 Å². The maximum atomic E-state index is 4.48. The van der Waals surface area contributed by atoms with Crippen molar-refractivity contribution >= 4 is 0 Å². The fourth-order valence-electron chi connectivity index (χ4n) is 2.42. The van der Waals surface area contributed by atoms with Crippen LogP contribution in [0, 0.1) is 5.92 Å². The zero-order valence-corrected chi connectivity index (χ0v) is 9.69. The van der Waals surface area contributed by atoms with Crippen molar-refractivity contribution in [3.63, 3.8) is 0 Å². The second-order valence-corrected chi connectivity index (χ2v) is 4.80. The normalized spacial score (nSPS) is 22.5. The van der Waals surface area contributed by atoms with Gasteiger partial charge in [-0.3, -0.25) is 9.88 Å². The predicted octanol–water partition coefficient (Wildman–Crippen LogP) is 2.87. The first-order chi connectivity index (χ1) is 7.27. The molecule has 82 valence electrons. The number of aromatic nitrogens is 1. The first-order valence-corrected chi connectivity index (χ1v) is 5.92. The molecule has 1 fully saturated rings. The second-order valence-electron chi connectivity index (χ2n) is 4.80. The summed E-state index contributed by atoms with van der Waals surface area (Å²) < 4.78 is 0. The van der Waals surface area contributed by atoms with E-state index in [9.17, 15) is 0 Å². The Labute approximate surface area is 92.3 Å². The van der Waals surface area contributed by atoms with Gasteiger partial charge in [-0.15, -0.1) is 0 Å². The molecular formula is C13H20N2. The largest absolute Gasteiger partial charge is 0.295 e. The lowest BCUT2D eigenvalue weighted by Gasteiger charge is -2.25. The molecule has 0 aromatic carbocycles. The van der Waals surface area contributed by atoms with Crippen LogP contribution < -0.4 is 0 Å². The molecule has 1 aliphatic rings. The van der Waals surface area contributed by atoms with Crippen molar-refractivity contribution in [2.24, 2.45) is 5.92 Å². The minimum Gasteiger partial charge on any atom is -0.295 e. The van der Waals surface area contributed by atoms with Crippen molar-refractivity contribution in [1.29, 1.82) is 0 Å². The van der Waals surface area contributed by atoms with E-state index in [2.05, 4.69) is 35.9 Å². The first-order valence-electron chi connectivity index (χ1n) is 5.92. The lowest BCUT2D eigenvalue weighted by atomic mass is 10.1. The van der Waals surface area contributed by atoms with Crippen LogP contribution in [0.2, 0.25) is 0 Å². The summed E-state index contributed by atoms with van der Waals surface area (Å²) in [5.41, 5.74) is 1.25.